The first-order valence-electron chi connectivity index (χ1n) is 4.46. The Morgan fingerprint density at radius 3 is 1.47 bits per heavy atom. The summed E-state index contributed by atoms with van der Waals surface area (Å²) in [5, 5.41) is 10.1. The van der Waals surface area contributed by atoms with E-state index in [1.165, 1.54) is 0 Å². The van der Waals surface area contributed by atoms with E-state index in [0.717, 1.165) is 0 Å². The third-order valence-corrected chi connectivity index (χ3v) is 1.55. The largest absolute Gasteiger partial charge is 0.573 e. The van der Waals surface area contributed by atoms with Crippen LogP contribution in [-0.2, 0) is 5.11 Å². The molecule has 0 N–H and O–H groups in total. The normalized spacial score (nSPS) is 12.2. The van der Waals surface area contributed by atoms with Crippen molar-refractivity contribution in [1.82, 2.24) is 0 Å². The molecule has 0 heterocycles. The molecular weight excluding hydrogens is 286 g/mol. The minimum atomic E-state index is -5.11. The van der Waals surface area contributed by atoms with Crippen molar-refractivity contribution in [1.29, 1.82) is 0 Å². The molecular formula is C9H5F6O4. The molecule has 19 heavy (non-hydrogen) atoms. The number of rotatable bonds is 4. The number of hydrogen-bond acceptors (Lipinski definition) is 3. The molecule has 0 saturated carbocycles. The fourth-order valence-electron chi connectivity index (χ4n) is 1.08. The van der Waals surface area contributed by atoms with Gasteiger partial charge in [-0.05, 0) is 0 Å². The summed E-state index contributed by atoms with van der Waals surface area (Å²) in [6.07, 6.45) is -10.2. The van der Waals surface area contributed by atoms with Gasteiger partial charge in [0.05, 0.1) is 0 Å². The van der Waals surface area contributed by atoms with Crippen molar-refractivity contribution < 1.29 is 45.7 Å². The van der Waals surface area contributed by atoms with E-state index in [1.807, 2.05) is 0 Å². The molecule has 0 aliphatic rings. The minimum Gasteiger partial charge on any atom is -0.464 e. The molecule has 0 aliphatic carbocycles. The molecule has 4 nitrogen and oxygen atoms in total. The SMILES string of the molecule is [O]COc1cc(OC(F)(F)F)cc(OC(F)(F)F)c1. The molecule has 0 atom stereocenters. The van der Waals surface area contributed by atoms with Crippen LogP contribution in [0.1, 0.15) is 0 Å². The maximum absolute atomic E-state index is 11.9. The lowest BCUT2D eigenvalue weighted by atomic mass is 10.3. The molecule has 0 spiro atoms. The summed E-state index contributed by atoms with van der Waals surface area (Å²) in [6.45, 7) is -1.19. The van der Waals surface area contributed by atoms with E-state index >= 15 is 0 Å². The van der Waals surface area contributed by atoms with Gasteiger partial charge in [0, 0.05) is 18.2 Å². The smallest absolute Gasteiger partial charge is 0.464 e. The molecule has 1 radical (unpaired) electrons. The predicted molar refractivity (Wildman–Crippen MR) is 46.0 cm³/mol. The number of benzene rings is 1. The zero-order valence-electron chi connectivity index (χ0n) is 8.84. The van der Waals surface area contributed by atoms with Crippen molar-refractivity contribution in [3.8, 4) is 17.2 Å². The molecule has 10 heteroatoms. The molecule has 0 bridgehead atoms. The van der Waals surface area contributed by atoms with Crippen LogP contribution in [0.4, 0.5) is 26.3 Å². The highest BCUT2D eigenvalue weighted by atomic mass is 19.4. The first-order chi connectivity index (χ1) is 8.59. The second kappa shape index (κ2) is 5.43. The molecule has 0 unspecified atom stereocenters. The van der Waals surface area contributed by atoms with Crippen LogP contribution in [0.5, 0.6) is 17.2 Å². The van der Waals surface area contributed by atoms with Gasteiger partial charge in [-0.2, -0.15) is 5.11 Å². The fourth-order valence-corrected chi connectivity index (χ4v) is 1.08. The zero-order chi connectivity index (χ0) is 14.7. The van der Waals surface area contributed by atoms with Crippen molar-refractivity contribution in [3.63, 3.8) is 0 Å². The van der Waals surface area contributed by atoms with Crippen LogP contribution < -0.4 is 14.2 Å². The average molecular weight is 291 g/mol. The van der Waals surface area contributed by atoms with Gasteiger partial charge in [-0.25, -0.2) is 0 Å². The third kappa shape index (κ3) is 6.04. The van der Waals surface area contributed by atoms with Crippen LogP contribution >= 0.6 is 0 Å². The van der Waals surface area contributed by atoms with Crippen LogP contribution in [0.3, 0.4) is 0 Å². The lowest BCUT2D eigenvalue weighted by Crippen LogP contribution is -2.19. The Labute approximate surface area is 102 Å². The maximum Gasteiger partial charge on any atom is 0.573 e. The Hall–Kier alpha value is -1.84. The first kappa shape index (κ1) is 15.2. The highest BCUT2D eigenvalue weighted by Gasteiger charge is 2.34. The van der Waals surface area contributed by atoms with Crippen molar-refractivity contribution >= 4 is 0 Å². The van der Waals surface area contributed by atoms with Crippen LogP contribution in [-0.4, -0.2) is 19.5 Å². The Kier molecular flexibility index (Phi) is 4.35. The number of ether oxygens (including phenoxy) is 3. The van der Waals surface area contributed by atoms with Crippen molar-refractivity contribution in [3.05, 3.63) is 18.2 Å². The van der Waals surface area contributed by atoms with E-state index in [4.69, 9.17) is 0 Å². The van der Waals surface area contributed by atoms with E-state index in [-0.39, 0.29) is 0 Å². The van der Waals surface area contributed by atoms with Crippen LogP contribution in [0.25, 0.3) is 0 Å². The zero-order valence-corrected chi connectivity index (χ0v) is 8.84. The van der Waals surface area contributed by atoms with Crippen LogP contribution in [0.2, 0.25) is 0 Å². The number of alkyl halides is 6. The highest BCUT2D eigenvalue weighted by molar-refractivity contribution is 5.42. The molecule has 1 aromatic rings. The second-order valence-corrected chi connectivity index (χ2v) is 3.00. The first-order valence-corrected chi connectivity index (χ1v) is 4.46. The van der Waals surface area contributed by atoms with Gasteiger partial charge >= 0.3 is 12.7 Å². The summed E-state index contributed by atoms with van der Waals surface area (Å²) in [6, 6.07) is 1.57. The highest BCUT2D eigenvalue weighted by Crippen LogP contribution is 2.33. The topological polar surface area (TPSA) is 47.6 Å². The van der Waals surface area contributed by atoms with Crippen LogP contribution in [0, 0.1) is 0 Å². The van der Waals surface area contributed by atoms with Crippen molar-refractivity contribution in [2.75, 3.05) is 6.79 Å². The summed E-state index contributed by atoms with van der Waals surface area (Å²) in [5.41, 5.74) is 0. The molecule has 0 fully saturated rings. The molecule has 0 aliphatic heterocycles. The van der Waals surface area contributed by atoms with E-state index < -0.39 is 36.8 Å². The Morgan fingerprint density at radius 2 is 1.16 bits per heavy atom. The standard InChI is InChI=1S/C9H5F6O4/c10-8(11,12)18-6-1-5(17-4-16)2-7(3-6)19-9(13,14)15/h1-3H,4H2. The summed E-state index contributed by atoms with van der Waals surface area (Å²) in [5.74, 6) is -2.55. The molecule has 0 amide bonds. The molecule has 0 saturated heterocycles. The number of halogens is 6. The molecule has 107 valence electrons. The van der Waals surface area contributed by atoms with Gasteiger partial charge in [-0.15, -0.1) is 26.3 Å². The molecule has 1 aromatic carbocycles. The summed E-state index contributed by atoms with van der Waals surface area (Å²) >= 11 is 0. The van der Waals surface area contributed by atoms with Gasteiger partial charge in [-0.3, -0.25) is 0 Å². The Bertz CT molecular complexity index is 393. The van der Waals surface area contributed by atoms with Gasteiger partial charge in [0.25, 0.3) is 0 Å². The summed E-state index contributed by atoms with van der Waals surface area (Å²) < 4.78 is 82.7. The van der Waals surface area contributed by atoms with Gasteiger partial charge in [0.2, 0.25) is 6.79 Å². The van der Waals surface area contributed by atoms with E-state index in [0.29, 0.717) is 18.2 Å². The van der Waals surface area contributed by atoms with E-state index in [9.17, 15) is 31.4 Å². The summed E-state index contributed by atoms with van der Waals surface area (Å²) in [7, 11) is 0. The van der Waals surface area contributed by atoms with Gasteiger partial charge in [0.15, 0.2) is 0 Å². The quantitative estimate of drug-likeness (QED) is 0.632. The fraction of sp³-hybridized carbons (Fsp3) is 0.333. The average Bonchev–Trinajstić information content (AvgIpc) is 2.11. The van der Waals surface area contributed by atoms with E-state index in [1.54, 1.807) is 0 Å². The lowest BCUT2D eigenvalue weighted by molar-refractivity contribution is -0.276. The Balaban J connectivity index is 3.03. The van der Waals surface area contributed by atoms with Crippen LogP contribution in [0.15, 0.2) is 18.2 Å². The third-order valence-electron chi connectivity index (χ3n) is 1.55. The Morgan fingerprint density at radius 1 is 0.789 bits per heavy atom. The predicted octanol–water partition coefficient (Wildman–Crippen LogP) is 3.25. The van der Waals surface area contributed by atoms with Gasteiger partial charge in [-0.1, -0.05) is 0 Å². The molecule has 1 rings (SSSR count). The number of hydrogen-bond donors (Lipinski definition) is 0. The minimum absolute atomic E-state index is 0.360. The van der Waals surface area contributed by atoms with Gasteiger partial charge in [0.1, 0.15) is 17.2 Å². The lowest BCUT2D eigenvalue weighted by Gasteiger charge is -2.14. The maximum atomic E-state index is 11.9. The van der Waals surface area contributed by atoms with E-state index in [2.05, 4.69) is 14.2 Å². The summed E-state index contributed by atoms with van der Waals surface area (Å²) in [4.78, 5) is 0. The second-order valence-electron chi connectivity index (χ2n) is 3.00. The molecule has 0 aromatic heterocycles. The monoisotopic (exact) mass is 291 g/mol. The van der Waals surface area contributed by atoms with Crippen molar-refractivity contribution in [2.24, 2.45) is 0 Å². The van der Waals surface area contributed by atoms with Crippen molar-refractivity contribution in [2.45, 2.75) is 12.7 Å². The van der Waals surface area contributed by atoms with Gasteiger partial charge < -0.3 is 14.2 Å².